The third-order valence-corrected chi connectivity index (χ3v) is 6.24. The molecule has 0 saturated carbocycles. The fraction of sp³-hybridized carbons (Fsp3) is 0.450. The maximum atomic E-state index is 12.7. The van der Waals surface area contributed by atoms with Crippen molar-refractivity contribution in [3.05, 3.63) is 57.8 Å². The summed E-state index contributed by atoms with van der Waals surface area (Å²) >= 11 is 1.80. The summed E-state index contributed by atoms with van der Waals surface area (Å²) < 4.78 is 5.50. The van der Waals surface area contributed by atoms with E-state index in [1.165, 1.54) is 16.0 Å². The lowest BCUT2D eigenvalue weighted by atomic mass is 10.0. The van der Waals surface area contributed by atoms with E-state index in [1.807, 2.05) is 11.0 Å². The van der Waals surface area contributed by atoms with Gasteiger partial charge >= 0.3 is 6.03 Å². The molecule has 2 amide bonds. The number of rotatable bonds is 4. The summed E-state index contributed by atoms with van der Waals surface area (Å²) in [5, 5.41) is 5.30. The first-order valence-electron chi connectivity index (χ1n) is 9.26. The summed E-state index contributed by atoms with van der Waals surface area (Å²) in [5.74, 6) is 0. The van der Waals surface area contributed by atoms with E-state index in [2.05, 4.69) is 45.9 Å². The van der Waals surface area contributed by atoms with Crippen molar-refractivity contribution in [3.8, 4) is 0 Å². The predicted molar refractivity (Wildman–Crippen MR) is 103 cm³/mol. The Morgan fingerprint density at radius 3 is 2.77 bits per heavy atom. The van der Waals surface area contributed by atoms with Crippen LogP contribution >= 0.6 is 11.3 Å². The third-order valence-electron chi connectivity index (χ3n) is 5.21. The molecule has 0 spiro atoms. The molecule has 0 bridgehead atoms. The Kier molecular flexibility index (Phi) is 5.53. The Morgan fingerprint density at radius 2 is 1.96 bits per heavy atom. The van der Waals surface area contributed by atoms with E-state index >= 15 is 0 Å². The molecule has 0 unspecified atom stereocenters. The quantitative estimate of drug-likeness (QED) is 0.899. The van der Waals surface area contributed by atoms with E-state index in [9.17, 15) is 4.79 Å². The average molecular weight is 372 g/mol. The molecular formula is C20H25N3O2S. The first-order chi connectivity index (χ1) is 12.8. The second-order valence-electron chi connectivity index (χ2n) is 6.80. The zero-order valence-electron chi connectivity index (χ0n) is 14.9. The molecular weight excluding hydrogens is 346 g/mol. The number of benzene rings is 1. The lowest BCUT2D eigenvalue weighted by Crippen LogP contribution is -2.47. The second-order valence-corrected chi connectivity index (χ2v) is 7.80. The van der Waals surface area contributed by atoms with Crippen LogP contribution in [-0.2, 0) is 17.7 Å². The number of ether oxygens (including phenoxy) is 1. The molecule has 1 aromatic heterocycles. The molecule has 5 nitrogen and oxygen atoms in total. The minimum absolute atomic E-state index is 0.0380. The van der Waals surface area contributed by atoms with Crippen molar-refractivity contribution >= 4 is 17.4 Å². The van der Waals surface area contributed by atoms with Gasteiger partial charge in [0.2, 0.25) is 0 Å². The van der Waals surface area contributed by atoms with Gasteiger partial charge in [-0.3, -0.25) is 4.90 Å². The van der Waals surface area contributed by atoms with E-state index in [1.54, 1.807) is 11.3 Å². The summed E-state index contributed by atoms with van der Waals surface area (Å²) in [6.07, 6.45) is 0.964. The van der Waals surface area contributed by atoms with Gasteiger partial charge in [-0.2, -0.15) is 0 Å². The summed E-state index contributed by atoms with van der Waals surface area (Å²) in [4.78, 5) is 18.5. The number of nitrogens with one attached hydrogen (secondary N) is 1. The van der Waals surface area contributed by atoms with Crippen LogP contribution in [0.1, 0.15) is 22.0 Å². The van der Waals surface area contributed by atoms with Gasteiger partial charge in [0.1, 0.15) is 0 Å². The normalized spacial score (nSPS) is 19.0. The number of urea groups is 1. The number of carbonyl (C=O) groups is 1. The van der Waals surface area contributed by atoms with Crippen LogP contribution in [0.25, 0.3) is 0 Å². The van der Waals surface area contributed by atoms with Gasteiger partial charge in [0.25, 0.3) is 0 Å². The monoisotopic (exact) mass is 371 g/mol. The molecule has 0 radical (unpaired) electrons. The molecule has 2 aliphatic heterocycles. The van der Waals surface area contributed by atoms with Crippen LogP contribution in [-0.4, -0.2) is 55.2 Å². The smallest absolute Gasteiger partial charge is 0.317 e. The number of amides is 2. The van der Waals surface area contributed by atoms with Crippen molar-refractivity contribution < 1.29 is 9.53 Å². The second kappa shape index (κ2) is 8.20. The van der Waals surface area contributed by atoms with Crippen LogP contribution in [0.4, 0.5) is 4.79 Å². The van der Waals surface area contributed by atoms with Crippen molar-refractivity contribution in [2.45, 2.75) is 19.0 Å². The fourth-order valence-corrected chi connectivity index (χ4v) is 4.63. The maximum absolute atomic E-state index is 12.7. The van der Waals surface area contributed by atoms with Gasteiger partial charge in [0.15, 0.2) is 0 Å². The topological polar surface area (TPSA) is 44.8 Å². The molecule has 0 aliphatic carbocycles. The summed E-state index contributed by atoms with van der Waals surface area (Å²) in [7, 11) is 0. The Hall–Kier alpha value is -1.89. The van der Waals surface area contributed by atoms with Crippen LogP contribution in [0, 0.1) is 0 Å². The van der Waals surface area contributed by atoms with E-state index < -0.39 is 0 Å². The highest BCUT2D eigenvalue weighted by atomic mass is 32.1. The molecule has 138 valence electrons. The standard InChI is InChI=1S/C20H25N3O2S/c24-20(23-8-6-19-17(15-23)7-13-26-19)21-14-18(16-4-2-1-3-5-16)22-9-11-25-12-10-22/h1-5,7,13,18H,6,8-12,14-15H2,(H,21,24)/t18-/m1/s1. The van der Waals surface area contributed by atoms with Gasteiger partial charge in [0.05, 0.1) is 19.3 Å². The van der Waals surface area contributed by atoms with E-state index in [0.29, 0.717) is 6.54 Å². The number of thiophene rings is 1. The molecule has 1 fully saturated rings. The van der Waals surface area contributed by atoms with Gasteiger partial charge < -0.3 is 15.0 Å². The van der Waals surface area contributed by atoms with Crippen molar-refractivity contribution in [3.63, 3.8) is 0 Å². The molecule has 2 aromatic rings. The Bertz CT molecular complexity index is 728. The van der Waals surface area contributed by atoms with Crippen molar-refractivity contribution in [2.24, 2.45) is 0 Å². The van der Waals surface area contributed by atoms with Crippen molar-refractivity contribution in [1.82, 2.24) is 15.1 Å². The molecule has 3 heterocycles. The Balaban J connectivity index is 1.40. The third kappa shape index (κ3) is 3.92. The van der Waals surface area contributed by atoms with Crippen molar-refractivity contribution in [2.75, 3.05) is 39.4 Å². The molecule has 1 N–H and O–H groups in total. The Morgan fingerprint density at radius 1 is 1.15 bits per heavy atom. The minimum atomic E-state index is 0.0380. The largest absolute Gasteiger partial charge is 0.379 e. The number of hydrogen-bond acceptors (Lipinski definition) is 4. The first kappa shape index (κ1) is 17.5. The van der Waals surface area contributed by atoms with Gasteiger partial charge in [-0.05, 0) is 29.0 Å². The van der Waals surface area contributed by atoms with E-state index in [-0.39, 0.29) is 12.1 Å². The van der Waals surface area contributed by atoms with Crippen LogP contribution in [0.15, 0.2) is 41.8 Å². The molecule has 6 heteroatoms. The van der Waals surface area contributed by atoms with Gasteiger partial charge in [-0.1, -0.05) is 30.3 Å². The first-order valence-corrected chi connectivity index (χ1v) is 10.1. The molecule has 1 saturated heterocycles. The predicted octanol–water partition coefficient (Wildman–Crippen LogP) is 2.89. The van der Waals surface area contributed by atoms with Crippen LogP contribution in [0.5, 0.6) is 0 Å². The summed E-state index contributed by atoms with van der Waals surface area (Å²) in [6.45, 7) is 5.45. The minimum Gasteiger partial charge on any atom is -0.379 e. The Labute approximate surface area is 158 Å². The number of hydrogen-bond donors (Lipinski definition) is 1. The average Bonchev–Trinajstić information content (AvgIpc) is 3.17. The summed E-state index contributed by atoms with van der Waals surface area (Å²) in [6, 6.07) is 12.8. The molecule has 1 atom stereocenters. The van der Waals surface area contributed by atoms with E-state index in [4.69, 9.17) is 4.74 Å². The number of fused-ring (bicyclic) bond motifs is 1. The number of nitrogens with zero attached hydrogens (tertiary/aromatic N) is 2. The van der Waals surface area contributed by atoms with Gasteiger partial charge in [-0.15, -0.1) is 11.3 Å². The molecule has 26 heavy (non-hydrogen) atoms. The molecule has 2 aliphatic rings. The highest BCUT2D eigenvalue weighted by Gasteiger charge is 2.25. The zero-order valence-corrected chi connectivity index (χ0v) is 15.7. The van der Waals surface area contributed by atoms with Gasteiger partial charge in [0, 0.05) is 37.6 Å². The lowest BCUT2D eigenvalue weighted by Gasteiger charge is -2.35. The highest BCUT2D eigenvalue weighted by molar-refractivity contribution is 7.10. The number of carbonyl (C=O) groups excluding carboxylic acids is 1. The zero-order chi connectivity index (χ0) is 17.8. The molecule has 1 aromatic carbocycles. The van der Waals surface area contributed by atoms with Gasteiger partial charge in [-0.25, -0.2) is 4.79 Å². The summed E-state index contributed by atoms with van der Waals surface area (Å²) in [5.41, 5.74) is 2.54. The van der Waals surface area contributed by atoms with Crippen LogP contribution < -0.4 is 5.32 Å². The SMILES string of the molecule is O=C(NC[C@H](c1ccccc1)N1CCOCC1)N1CCc2sccc2C1. The fourth-order valence-electron chi connectivity index (χ4n) is 3.74. The van der Waals surface area contributed by atoms with E-state index in [0.717, 1.165) is 45.8 Å². The number of morpholine rings is 1. The van der Waals surface area contributed by atoms with Crippen molar-refractivity contribution in [1.29, 1.82) is 0 Å². The van der Waals surface area contributed by atoms with Crippen LogP contribution in [0.2, 0.25) is 0 Å². The van der Waals surface area contributed by atoms with Crippen LogP contribution in [0.3, 0.4) is 0 Å². The maximum Gasteiger partial charge on any atom is 0.317 e. The lowest BCUT2D eigenvalue weighted by molar-refractivity contribution is 0.0164. The highest BCUT2D eigenvalue weighted by Crippen LogP contribution is 2.24. The molecule has 4 rings (SSSR count).